The van der Waals surface area contributed by atoms with Crippen LogP contribution in [0.15, 0.2) is 60.7 Å². The molecule has 0 aliphatic rings. The minimum absolute atomic E-state index is 0.00340. The van der Waals surface area contributed by atoms with Crippen LogP contribution in [-0.4, -0.2) is 39.1 Å². The number of nitro groups is 1. The number of nitrogens with two attached hydrogens (primary N) is 1. The molecule has 2 aromatic carbocycles. The van der Waals surface area contributed by atoms with E-state index in [4.69, 9.17) is 20.7 Å². The standard InChI is InChI=1S/C17H18N2O4.C4H4O4/c1-12-4-2-3-5-14(12)10-16(18)17(20)23-11-13-6-8-15(9-7-13)19(21)22;5-3(6)1-2-4(7)8/h2-9,16H,10-11,18H2,1H3;1-2H,(H,5,6)(H,7,8)/b;2-1+/t16-;/m0./s1. The summed E-state index contributed by atoms with van der Waals surface area (Å²) in [5.41, 5.74) is 8.63. The number of non-ortho nitro benzene ring substituents is 1. The molecule has 164 valence electrons. The Kier molecular flexibility index (Phi) is 10.1. The van der Waals surface area contributed by atoms with Crippen molar-refractivity contribution in [1.29, 1.82) is 0 Å². The third-order valence-corrected chi connectivity index (χ3v) is 3.90. The molecule has 0 bridgehead atoms. The smallest absolute Gasteiger partial charge is 0.328 e. The molecule has 0 heterocycles. The van der Waals surface area contributed by atoms with E-state index in [1.54, 1.807) is 12.1 Å². The number of ether oxygens (including phenoxy) is 1. The van der Waals surface area contributed by atoms with Crippen LogP contribution in [0.3, 0.4) is 0 Å². The van der Waals surface area contributed by atoms with E-state index >= 15 is 0 Å². The van der Waals surface area contributed by atoms with Gasteiger partial charge in [-0.3, -0.25) is 14.9 Å². The summed E-state index contributed by atoms with van der Waals surface area (Å²) in [5, 5.41) is 26.2. The monoisotopic (exact) mass is 430 g/mol. The van der Waals surface area contributed by atoms with Crippen molar-refractivity contribution in [2.45, 2.75) is 26.0 Å². The van der Waals surface area contributed by atoms with E-state index in [0.29, 0.717) is 24.1 Å². The second-order valence-electron chi connectivity index (χ2n) is 6.28. The largest absolute Gasteiger partial charge is 0.478 e. The Balaban J connectivity index is 0.000000512. The Labute approximate surface area is 177 Å². The first-order valence-electron chi connectivity index (χ1n) is 8.94. The van der Waals surface area contributed by atoms with Crippen LogP contribution in [0.2, 0.25) is 0 Å². The number of carboxylic acid groups (broad SMARTS) is 2. The number of carboxylic acids is 2. The molecule has 31 heavy (non-hydrogen) atoms. The van der Waals surface area contributed by atoms with Crippen LogP contribution in [0.25, 0.3) is 0 Å². The molecule has 0 amide bonds. The van der Waals surface area contributed by atoms with E-state index in [2.05, 4.69) is 0 Å². The van der Waals surface area contributed by atoms with E-state index in [1.165, 1.54) is 12.1 Å². The molecule has 0 spiro atoms. The molecule has 0 unspecified atom stereocenters. The molecule has 0 aliphatic carbocycles. The number of nitrogens with zero attached hydrogens (tertiary/aromatic N) is 1. The van der Waals surface area contributed by atoms with Crippen molar-refractivity contribution in [3.05, 3.63) is 87.5 Å². The lowest BCUT2D eigenvalue weighted by Crippen LogP contribution is -2.34. The number of aliphatic carboxylic acids is 2. The maximum absolute atomic E-state index is 12.0. The second-order valence-corrected chi connectivity index (χ2v) is 6.28. The average Bonchev–Trinajstić information content (AvgIpc) is 2.72. The van der Waals surface area contributed by atoms with Gasteiger partial charge in [-0.15, -0.1) is 0 Å². The number of aryl methyl sites for hydroxylation is 1. The molecule has 1 atom stereocenters. The average molecular weight is 430 g/mol. The van der Waals surface area contributed by atoms with Crippen molar-refractivity contribution >= 4 is 23.6 Å². The number of hydrogen-bond acceptors (Lipinski definition) is 7. The maximum Gasteiger partial charge on any atom is 0.328 e. The summed E-state index contributed by atoms with van der Waals surface area (Å²) in [4.78, 5) is 41.2. The molecule has 10 heteroatoms. The Morgan fingerprint density at radius 1 is 1.06 bits per heavy atom. The van der Waals surface area contributed by atoms with Crippen LogP contribution < -0.4 is 5.73 Å². The molecule has 0 aromatic heterocycles. The number of carbonyl (C=O) groups is 3. The van der Waals surface area contributed by atoms with E-state index < -0.39 is 28.9 Å². The molecular formula is C21H22N2O8. The molecule has 0 radical (unpaired) electrons. The molecule has 0 saturated heterocycles. The van der Waals surface area contributed by atoms with E-state index in [1.807, 2.05) is 31.2 Å². The zero-order valence-electron chi connectivity index (χ0n) is 16.6. The van der Waals surface area contributed by atoms with Crippen LogP contribution in [-0.2, 0) is 32.1 Å². The maximum atomic E-state index is 12.0. The summed E-state index contributed by atoms with van der Waals surface area (Å²) in [6.45, 7) is 2.00. The summed E-state index contributed by atoms with van der Waals surface area (Å²) in [6, 6.07) is 12.8. The third-order valence-electron chi connectivity index (χ3n) is 3.90. The van der Waals surface area contributed by atoms with Gasteiger partial charge in [0.1, 0.15) is 12.6 Å². The van der Waals surface area contributed by atoms with Crippen LogP contribution in [0.4, 0.5) is 5.69 Å². The van der Waals surface area contributed by atoms with Crippen molar-refractivity contribution in [2.24, 2.45) is 5.73 Å². The molecular weight excluding hydrogens is 408 g/mol. The fraction of sp³-hybridized carbons (Fsp3) is 0.190. The number of nitro benzene ring substituents is 1. The normalized spacial score (nSPS) is 11.2. The first kappa shape index (κ1) is 25.0. The molecule has 4 N–H and O–H groups in total. The van der Waals surface area contributed by atoms with Gasteiger partial charge < -0.3 is 20.7 Å². The highest BCUT2D eigenvalue weighted by atomic mass is 16.6. The number of carbonyl (C=O) groups excluding carboxylic acids is 1. The third kappa shape index (κ3) is 9.81. The van der Waals surface area contributed by atoms with Gasteiger partial charge in [0, 0.05) is 24.3 Å². The first-order chi connectivity index (χ1) is 14.6. The van der Waals surface area contributed by atoms with E-state index in [9.17, 15) is 24.5 Å². The van der Waals surface area contributed by atoms with Gasteiger partial charge in [-0.05, 0) is 42.2 Å². The van der Waals surface area contributed by atoms with Crippen LogP contribution >= 0.6 is 0 Å². The lowest BCUT2D eigenvalue weighted by atomic mass is 10.0. The Morgan fingerprint density at radius 3 is 2.10 bits per heavy atom. The van der Waals surface area contributed by atoms with Gasteiger partial charge in [-0.2, -0.15) is 0 Å². The van der Waals surface area contributed by atoms with Crippen LogP contribution in [0, 0.1) is 17.0 Å². The number of benzene rings is 2. The molecule has 0 saturated carbocycles. The molecule has 2 rings (SSSR count). The SMILES string of the molecule is Cc1ccccc1C[C@H](N)C(=O)OCc1ccc([N+](=O)[O-])cc1.O=C(O)/C=C/C(=O)O. The summed E-state index contributed by atoms with van der Waals surface area (Å²) < 4.78 is 5.17. The van der Waals surface area contributed by atoms with Gasteiger partial charge >= 0.3 is 17.9 Å². The Bertz CT molecular complexity index is 938. The highest BCUT2D eigenvalue weighted by Crippen LogP contribution is 2.13. The fourth-order valence-electron chi connectivity index (χ4n) is 2.28. The molecule has 10 nitrogen and oxygen atoms in total. The number of esters is 1. The quantitative estimate of drug-likeness (QED) is 0.246. The Hall–Kier alpha value is -4.05. The lowest BCUT2D eigenvalue weighted by Gasteiger charge is -2.13. The predicted molar refractivity (Wildman–Crippen MR) is 110 cm³/mol. The lowest BCUT2D eigenvalue weighted by molar-refractivity contribution is -0.384. The molecule has 0 aliphatic heterocycles. The van der Waals surface area contributed by atoms with Gasteiger partial charge in [0.15, 0.2) is 0 Å². The number of rotatable bonds is 8. The van der Waals surface area contributed by atoms with Crippen molar-refractivity contribution in [3.63, 3.8) is 0 Å². The van der Waals surface area contributed by atoms with Gasteiger partial charge in [-0.1, -0.05) is 24.3 Å². The summed E-state index contributed by atoms with van der Waals surface area (Å²) in [6.07, 6.45) is 1.52. The van der Waals surface area contributed by atoms with Crippen molar-refractivity contribution in [2.75, 3.05) is 0 Å². The predicted octanol–water partition coefficient (Wildman–Crippen LogP) is 2.23. The highest BCUT2D eigenvalue weighted by molar-refractivity contribution is 5.89. The van der Waals surface area contributed by atoms with Gasteiger partial charge in [0.25, 0.3) is 5.69 Å². The van der Waals surface area contributed by atoms with Crippen molar-refractivity contribution in [1.82, 2.24) is 0 Å². The van der Waals surface area contributed by atoms with Crippen molar-refractivity contribution in [3.8, 4) is 0 Å². The van der Waals surface area contributed by atoms with Crippen LogP contribution in [0.1, 0.15) is 16.7 Å². The number of hydrogen-bond donors (Lipinski definition) is 3. The van der Waals surface area contributed by atoms with Gasteiger partial charge in [0.05, 0.1) is 4.92 Å². The second kappa shape index (κ2) is 12.5. The summed E-state index contributed by atoms with van der Waals surface area (Å²) in [7, 11) is 0. The van der Waals surface area contributed by atoms with E-state index in [-0.39, 0.29) is 12.3 Å². The topological polar surface area (TPSA) is 170 Å². The zero-order valence-corrected chi connectivity index (χ0v) is 16.6. The zero-order chi connectivity index (χ0) is 23.4. The highest BCUT2D eigenvalue weighted by Gasteiger charge is 2.17. The summed E-state index contributed by atoms with van der Waals surface area (Å²) >= 11 is 0. The first-order valence-corrected chi connectivity index (χ1v) is 8.94. The fourth-order valence-corrected chi connectivity index (χ4v) is 2.28. The van der Waals surface area contributed by atoms with Gasteiger partial charge in [0.2, 0.25) is 0 Å². The minimum atomic E-state index is -1.26. The minimum Gasteiger partial charge on any atom is -0.478 e. The molecule has 0 fully saturated rings. The summed E-state index contributed by atoms with van der Waals surface area (Å²) in [5.74, 6) is -3.01. The van der Waals surface area contributed by atoms with Gasteiger partial charge in [-0.25, -0.2) is 9.59 Å². The molecule has 2 aromatic rings. The van der Waals surface area contributed by atoms with E-state index in [0.717, 1.165) is 11.1 Å². The van der Waals surface area contributed by atoms with Crippen LogP contribution in [0.5, 0.6) is 0 Å². The Morgan fingerprint density at radius 2 is 1.61 bits per heavy atom. The van der Waals surface area contributed by atoms with Crippen molar-refractivity contribution < 1.29 is 34.3 Å².